The second-order valence-corrected chi connectivity index (χ2v) is 6.85. The topological polar surface area (TPSA) is 76.7 Å². The van der Waals surface area contributed by atoms with Gasteiger partial charge >= 0.3 is 12.1 Å². The van der Waals surface area contributed by atoms with E-state index in [1.807, 2.05) is 30.3 Å². The van der Waals surface area contributed by atoms with Crippen LogP contribution in [0.5, 0.6) is 0 Å². The molecule has 0 heterocycles. The lowest BCUT2D eigenvalue weighted by molar-refractivity contribution is -0.141. The lowest BCUT2D eigenvalue weighted by Crippen LogP contribution is -2.49. The molecule has 1 aromatic carbocycles. The Bertz CT molecular complexity index is 584. The number of hydrogen-bond donors (Lipinski definition) is 2. The standard InChI is InChI=1S/C18H26N2O4S/c1-5-23-15(21)12-19-16(25)14(11-13-9-7-6-8-10-13)20-17(22)24-18(2,3)4/h6-10,14H,5,11-12H2,1-4H3,(H,19,25)(H,20,22). The zero-order valence-electron chi connectivity index (χ0n) is 15.1. The van der Waals surface area contributed by atoms with E-state index >= 15 is 0 Å². The number of esters is 1. The van der Waals surface area contributed by atoms with Gasteiger partial charge in [0.1, 0.15) is 12.1 Å². The number of alkyl carbamates (subject to hydrolysis) is 1. The molecule has 1 unspecified atom stereocenters. The molecule has 0 aliphatic heterocycles. The SMILES string of the molecule is CCOC(=O)CNC(=S)C(Cc1ccccc1)NC(=O)OC(C)(C)C. The summed E-state index contributed by atoms with van der Waals surface area (Å²) in [7, 11) is 0. The van der Waals surface area contributed by atoms with Crippen molar-refractivity contribution >= 4 is 29.3 Å². The molecule has 0 aromatic heterocycles. The number of ether oxygens (including phenoxy) is 2. The van der Waals surface area contributed by atoms with Crippen molar-refractivity contribution in [3.05, 3.63) is 35.9 Å². The van der Waals surface area contributed by atoms with E-state index in [4.69, 9.17) is 21.7 Å². The third-order valence-electron chi connectivity index (χ3n) is 3.00. The Hall–Kier alpha value is -2.15. The van der Waals surface area contributed by atoms with Gasteiger partial charge in [-0.25, -0.2) is 4.79 Å². The number of thiocarbonyl (C=S) groups is 1. The number of carbonyl (C=O) groups excluding carboxylic acids is 2. The number of benzene rings is 1. The van der Waals surface area contributed by atoms with E-state index in [1.165, 1.54) is 0 Å². The zero-order chi connectivity index (χ0) is 18.9. The summed E-state index contributed by atoms with van der Waals surface area (Å²) in [5, 5.41) is 5.60. The van der Waals surface area contributed by atoms with Crippen LogP contribution in [0, 0.1) is 0 Å². The molecule has 138 valence electrons. The Balaban J connectivity index is 2.74. The minimum atomic E-state index is -0.610. The molecule has 1 amide bonds. The summed E-state index contributed by atoms with van der Waals surface area (Å²) < 4.78 is 10.2. The molecular weight excluding hydrogens is 340 g/mol. The van der Waals surface area contributed by atoms with Crippen LogP contribution in [-0.2, 0) is 20.7 Å². The first-order valence-electron chi connectivity index (χ1n) is 8.18. The molecule has 1 aromatic rings. The van der Waals surface area contributed by atoms with E-state index in [1.54, 1.807) is 27.7 Å². The molecular formula is C18H26N2O4S. The summed E-state index contributed by atoms with van der Waals surface area (Å²) in [6.07, 6.45) is -0.0805. The first kappa shape index (κ1) is 20.9. The van der Waals surface area contributed by atoms with Gasteiger partial charge in [-0.3, -0.25) is 4.79 Å². The minimum absolute atomic E-state index is 0.0477. The number of rotatable bonds is 7. The Morgan fingerprint density at radius 1 is 1.20 bits per heavy atom. The molecule has 1 rings (SSSR count). The van der Waals surface area contributed by atoms with E-state index in [2.05, 4.69) is 10.6 Å². The van der Waals surface area contributed by atoms with Crippen LogP contribution in [0.15, 0.2) is 30.3 Å². The summed E-state index contributed by atoms with van der Waals surface area (Å²) >= 11 is 5.35. The smallest absolute Gasteiger partial charge is 0.408 e. The van der Waals surface area contributed by atoms with E-state index in [-0.39, 0.29) is 6.54 Å². The molecule has 0 radical (unpaired) electrons. The third-order valence-corrected chi connectivity index (χ3v) is 3.43. The molecule has 0 bridgehead atoms. The highest BCUT2D eigenvalue weighted by Gasteiger charge is 2.22. The lowest BCUT2D eigenvalue weighted by atomic mass is 10.1. The number of hydrogen-bond acceptors (Lipinski definition) is 5. The average Bonchev–Trinajstić information content (AvgIpc) is 2.51. The summed E-state index contributed by atoms with van der Waals surface area (Å²) in [6.45, 7) is 7.35. The number of carbonyl (C=O) groups is 2. The van der Waals surface area contributed by atoms with Gasteiger partial charge in [-0.15, -0.1) is 0 Å². The Morgan fingerprint density at radius 3 is 2.40 bits per heavy atom. The summed E-state index contributed by atoms with van der Waals surface area (Å²) in [6, 6.07) is 9.12. The van der Waals surface area contributed by atoms with Gasteiger partial charge in [0.25, 0.3) is 0 Å². The molecule has 0 aliphatic rings. The van der Waals surface area contributed by atoms with Crippen molar-refractivity contribution in [3.8, 4) is 0 Å². The minimum Gasteiger partial charge on any atom is -0.465 e. The van der Waals surface area contributed by atoms with Crippen molar-refractivity contribution in [1.82, 2.24) is 10.6 Å². The highest BCUT2D eigenvalue weighted by atomic mass is 32.1. The molecule has 2 N–H and O–H groups in total. The Kier molecular flexibility index (Phi) is 8.34. The molecule has 7 heteroatoms. The van der Waals surface area contributed by atoms with E-state index < -0.39 is 23.7 Å². The van der Waals surface area contributed by atoms with Crippen LogP contribution in [0.4, 0.5) is 4.79 Å². The van der Waals surface area contributed by atoms with E-state index in [0.717, 1.165) is 5.56 Å². The lowest BCUT2D eigenvalue weighted by Gasteiger charge is -2.24. The summed E-state index contributed by atoms with van der Waals surface area (Å²) in [5.41, 5.74) is 0.394. The Labute approximate surface area is 154 Å². The monoisotopic (exact) mass is 366 g/mol. The van der Waals surface area contributed by atoms with Gasteiger partial charge in [-0.2, -0.15) is 0 Å². The van der Waals surface area contributed by atoms with Crippen molar-refractivity contribution in [2.75, 3.05) is 13.2 Å². The van der Waals surface area contributed by atoms with Crippen LogP contribution >= 0.6 is 12.2 Å². The second kappa shape index (κ2) is 9.98. The molecule has 1 atom stereocenters. The molecule has 0 aliphatic carbocycles. The van der Waals surface area contributed by atoms with Crippen LogP contribution < -0.4 is 10.6 Å². The van der Waals surface area contributed by atoms with Gasteiger partial charge in [0, 0.05) is 0 Å². The zero-order valence-corrected chi connectivity index (χ0v) is 15.9. The van der Waals surface area contributed by atoms with Crippen LogP contribution in [0.2, 0.25) is 0 Å². The van der Waals surface area contributed by atoms with Crippen LogP contribution in [0.3, 0.4) is 0 Å². The van der Waals surface area contributed by atoms with Gasteiger partial charge in [0.2, 0.25) is 0 Å². The molecule has 0 fully saturated rings. The van der Waals surface area contributed by atoms with Gasteiger partial charge in [-0.1, -0.05) is 42.5 Å². The molecule has 6 nitrogen and oxygen atoms in total. The highest BCUT2D eigenvalue weighted by molar-refractivity contribution is 7.80. The summed E-state index contributed by atoms with van der Waals surface area (Å²) in [4.78, 5) is 23.9. The highest BCUT2D eigenvalue weighted by Crippen LogP contribution is 2.09. The van der Waals surface area contributed by atoms with Gasteiger partial charge < -0.3 is 20.1 Å². The fourth-order valence-electron chi connectivity index (χ4n) is 2.00. The second-order valence-electron chi connectivity index (χ2n) is 6.41. The van der Waals surface area contributed by atoms with Crippen LogP contribution in [0.1, 0.15) is 33.3 Å². The fourth-order valence-corrected chi connectivity index (χ4v) is 2.22. The van der Waals surface area contributed by atoms with E-state index in [9.17, 15) is 9.59 Å². The molecule has 0 saturated heterocycles. The first-order valence-corrected chi connectivity index (χ1v) is 8.59. The molecule has 25 heavy (non-hydrogen) atoms. The van der Waals surface area contributed by atoms with Gasteiger partial charge in [-0.05, 0) is 39.7 Å². The maximum atomic E-state index is 12.1. The van der Waals surface area contributed by atoms with Gasteiger partial charge in [0.05, 0.1) is 17.6 Å². The van der Waals surface area contributed by atoms with Crippen molar-refractivity contribution in [3.63, 3.8) is 0 Å². The van der Waals surface area contributed by atoms with Crippen LogP contribution in [-0.4, -0.2) is 41.8 Å². The number of nitrogens with one attached hydrogen (secondary N) is 2. The third kappa shape index (κ3) is 9.05. The van der Waals surface area contributed by atoms with Crippen LogP contribution in [0.25, 0.3) is 0 Å². The van der Waals surface area contributed by atoms with Gasteiger partial charge in [0.15, 0.2) is 0 Å². The maximum Gasteiger partial charge on any atom is 0.408 e. The van der Waals surface area contributed by atoms with Crippen molar-refractivity contribution in [2.24, 2.45) is 0 Å². The number of amides is 1. The molecule has 0 spiro atoms. The van der Waals surface area contributed by atoms with Crippen molar-refractivity contribution in [2.45, 2.75) is 45.8 Å². The van der Waals surface area contributed by atoms with Crippen molar-refractivity contribution in [1.29, 1.82) is 0 Å². The van der Waals surface area contributed by atoms with E-state index in [0.29, 0.717) is 18.0 Å². The quantitative estimate of drug-likeness (QED) is 0.571. The Morgan fingerprint density at radius 2 is 1.84 bits per heavy atom. The largest absolute Gasteiger partial charge is 0.465 e. The maximum absolute atomic E-state index is 12.1. The molecule has 0 saturated carbocycles. The predicted octanol–water partition coefficient (Wildman–Crippen LogP) is 2.60. The van der Waals surface area contributed by atoms with Crippen molar-refractivity contribution < 1.29 is 19.1 Å². The first-order chi connectivity index (χ1) is 11.7. The fraction of sp³-hybridized carbons (Fsp3) is 0.500. The normalized spacial score (nSPS) is 12.0. The predicted molar refractivity (Wildman–Crippen MR) is 101 cm³/mol. The average molecular weight is 366 g/mol. The summed E-state index contributed by atoms with van der Waals surface area (Å²) in [5.74, 6) is -0.402.